The Bertz CT molecular complexity index is 617. The van der Waals surface area contributed by atoms with E-state index in [9.17, 15) is 0 Å². The zero-order valence-electron chi connectivity index (χ0n) is 12.0. The summed E-state index contributed by atoms with van der Waals surface area (Å²) >= 11 is 0. The van der Waals surface area contributed by atoms with E-state index in [1.807, 2.05) is 30.3 Å². The maximum absolute atomic E-state index is 5.99. The van der Waals surface area contributed by atoms with Gasteiger partial charge in [0, 0.05) is 13.1 Å². The van der Waals surface area contributed by atoms with Gasteiger partial charge in [0.25, 0.3) is 0 Å². The van der Waals surface area contributed by atoms with Gasteiger partial charge in [0.05, 0.1) is 0 Å². The fourth-order valence-corrected chi connectivity index (χ4v) is 2.35. The van der Waals surface area contributed by atoms with E-state index in [2.05, 4.69) is 53.5 Å². The van der Waals surface area contributed by atoms with Gasteiger partial charge in [0.15, 0.2) is 5.88 Å². The molecule has 0 N–H and O–H groups in total. The summed E-state index contributed by atoms with van der Waals surface area (Å²) in [5.41, 5.74) is 2.48. The van der Waals surface area contributed by atoms with Gasteiger partial charge in [0.2, 0.25) is 0 Å². The third kappa shape index (κ3) is 3.76. The van der Waals surface area contributed by atoms with Crippen molar-refractivity contribution in [2.45, 2.75) is 13.2 Å². The molecule has 0 aromatic heterocycles. The van der Waals surface area contributed by atoms with Gasteiger partial charge in [-0.15, -0.1) is 0 Å². The monoisotopic (exact) mass is 277 g/mol. The number of allylic oxidation sites excluding steroid dienone is 2. The predicted octanol–water partition coefficient (Wildman–Crippen LogP) is 4.12. The van der Waals surface area contributed by atoms with E-state index >= 15 is 0 Å². The number of ether oxygens (including phenoxy) is 1. The topological polar surface area (TPSA) is 12.5 Å². The van der Waals surface area contributed by atoms with Crippen LogP contribution in [0, 0.1) is 0 Å². The van der Waals surface area contributed by atoms with Gasteiger partial charge < -0.3 is 9.64 Å². The molecule has 2 aromatic carbocycles. The van der Waals surface area contributed by atoms with Crippen molar-refractivity contribution in [3.8, 4) is 0 Å². The molecule has 0 spiro atoms. The minimum absolute atomic E-state index is 0.603. The van der Waals surface area contributed by atoms with Crippen LogP contribution < -0.4 is 0 Å². The summed E-state index contributed by atoms with van der Waals surface area (Å²) in [6.07, 6.45) is 6.25. The summed E-state index contributed by atoms with van der Waals surface area (Å²) < 4.78 is 5.99. The van der Waals surface area contributed by atoms with Crippen LogP contribution in [0.5, 0.6) is 0 Å². The molecule has 0 atom stereocenters. The van der Waals surface area contributed by atoms with Crippen LogP contribution in [0.3, 0.4) is 0 Å². The highest BCUT2D eigenvalue weighted by Gasteiger charge is 2.12. The number of hydrogen-bond acceptors (Lipinski definition) is 2. The van der Waals surface area contributed by atoms with Gasteiger partial charge in [-0.05, 0) is 17.2 Å². The van der Waals surface area contributed by atoms with Crippen LogP contribution >= 0.6 is 0 Å². The first-order chi connectivity index (χ1) is 10.4. The van der Waals surface area contributed by atoms with Crippen molar-refractivity contribution >= 4 is 0 Å². The SMILES string of the molecule is C1=CCN(Cc2ccccc2)C(OCc2ccccc2)=C1. The van der Waals surface area contributed by atoms with Gasteiger partial charge in [0.1, 0.15) is 6.61 Å². The van der Waals surface area contributed by atoms with Crippen LogP contribution in [0.2, 0.25) is 0 Å². The molecule has 0 saturated carbocycles. The average Bonchev–Trinajstić information content (AvgIpc) is 2.56. The lowest BCUT2D eigenvalue weighted by molar-refractivity contribution is 0.103. The Morgan fingerprint density at radius 1 is 0.857 bits per heavy atom. The molecule has 0 bridgehead atoms. The minimum atomic E-state index is 0.603. The highest BCUT2D eigenvalue weighted by Crippen LogP contribution is 2.17. The zero-order valence-corrected chi connectivity index (χ0v) is 12.0. The van der Waals surface area contributed by atoms with E-state index in [1.165, 1.54) is 11.1 Å². The largest absolute Gasteiger partial charge is 0.474 e. The molecule has 0 amide bonds. The Morgan fingerprint density at radius 2 is 1.52 bits per heavy atom. The molecule has 2 heteroatoms. The molecule has 0 saturated heterocycles. The minimum Gasteiger partial charge on any atom is -0.474 e. The van der Waals surface area contributed by atoms with Crippen molar-refractivity contribution in [1.29, 1.82) is 0 Å². The molecule has 106 valence electrons. The highest BCUT2D eigenvalue weighted by molar-refractivity contribution is 5.20. The summed E-state index contributed by atoms with van der Waals surface area (Å²) in [5, 5.41) is 0. The van der Waals surface area contributed by atoms with Crippen molar-refractivity contribution in [1.82, 2.24) is 4.90 Å². The lowest BCUT2D eigenvalue weighted by Crippen LogP contribution is -2.26. The van der Waals surface area contributed by atoms with E-state index in [0.717, 1.165) is 19.0 Å². The Hall–Kier alpha value is -2.48. The molecule has 0 radical (unpaired) electrons. The maximum Gasteiger partial charge on any atom is 0.190 e. The second kappa shape index (κ2) is 6.80. The maximum atomic E-state index is 5.99. The number of nitrogens with zero attached hydrogens (tertiary/aromatic N) is 1. The number of hydrogen-bond donors (Lipinski definition) is 0. The van der Waals surface area contributed by atoms with Gasteiger partial charge in [-0.2, -0.15) is 0 Å². The van der Waals surface area contributed by atoms with E-state index < -0.39 is 0 Å². The van der Waals surface area contributed by atoms with Crippen LogP contribution in [-0.2, 0) is 17.9 Å². The van der Waals surface area contributed by atoms with Gasteiger partial charge in [-0.3, -0.25) is 0 Å². The standard InChI is InChI=1S/C19H19NO/c1-3-9-17(10-4-1)15-20-14-8-7-13-19(20)21-16-18-11-5-2-6-12-18/h1-13H,14-16H2. The van der Waals surface area contributed by atoms with Gasteiger partial charge in [-0.25, -0.2) is 0 Å². The van der Waals surface area contributed by atoms with Crippen molar-refractivity contribution < 1.29 is 4.74 Å². The Labute approximate surface area is 126 Å². The molecule has 1 aliphatic heterocycles. The van der Waals surface area contributed by atoms with Crippen molar-refractivity contribution in [3.63, 3.8) is 0 Å². The van der Waals surface area contributed by atoms with Crippen molar-refractivity contribution in [2.75, 3.05) is 6.54 Å². The second-order valence-electron chi connectivity index (χ2n) is 5.07. The van der Waals surface area contributed by atoms with Crippen LogP contribution in [0.1, 0.15) is 11.1 Å². The summed E-state index contributed by atoms with van der Waals surface area (Å²) in [7, 11) is 0. The molecular weight excluding hydrogens is 258 g/mol. The van der Waals surface area contributed by atoms with Crippen molar-refractivity contribution in [2.24, 2.45) is 0 Å². The molecule has 0 fully saturated rings. The summed E-state index contributed by atoms with van der Waals surface area (Å²) in [4.78, 5) is 2.25. The molecular formula is C19H19NO. The lowest BCUT2D eigenvalue weighted by Gasteiger charge is -2.28. The molecule has 2 nitrogen and oxygen atoms in total. The highest BCUT2D eigenvalue weighted by atomic mass is 16.5. The fraction of sp³-hybridized carbons (Fsp3) is 0.158. The van der Waals surface area contributed by atoms with Crippen LogP contribution in [-0.4, -0.2) is 11.4 Å². The van der Waals surface area contributed by atoms with Gasteiger partial charge in [-0.1, -0.05) is 72.8 Å². The third-order valence-corrected chi connectivity index (χ3v) is 3.46. The Morgan fingerprint density at radius 3 is 2.24 bits per heavy atom. The Kier molecular flexibility index (Phi) is 4.37. The fourth-order valence-electron chi connectivity index (χ4n) is 2.35. The molecule has 3 rings (SSSR count). The molecule has 2 aromatic rings. The zero-order chi connectivity index (χ0) is 14.3. The van der Waals surface area contributed by atoms with Gasteiger partial charge >= 0.3 is 0 Å². The van der Waals surface area contributed by atoms with Crippen LogP contribution in [0.25, 0.3) is 0 Å². The molecule has 0 unspecified atom stereocenters. The Balaban J connectivity index is 1.64. The lowest BCUT2D eigenvalue weighted by atomic mass is 10.2. The van der Waals surface area contributed by atoms with E-state index in [1.54, 1.807) is 0 Å². The quantitative estimate of drug-likeness (QED) is 0.815. The van der Waals surface area contributed by atoms with Crippen LogP contribution in [0.15, 0.2) is 84.8 Å². The first-order valence-corrected chi connectivity index (χ1v) is 7.24. The molecule has 0 aliphatic carbocycles. The van der Waals surface area contributed by atoms with E-state index in [0.29, 0.717) is 6.61 Å². The van der Waals surface area contributed by atoms with E-state index in [-0.39, 0.29) is 0 Å². The third-order valence-electron chi connectivity index (χ3n) is 3.46. The molecule has 1 aliphatic rings. The normalized spacial score (nSPS) is 13.9. The van der Waals surface area contributed by atoms with E-state index in [4.69, 9.17) is 4.74 Å². The summed E-state index contributed by atoms with van der Waals surface area (Å²) in [5.74, 6) is 0.935. The molecule has 1 heterocycles. The first kappa shape index (κ1) is 13.5. The second-order valence-corrected chi connectivity index (χ2v) is 5.07. The number of rotatable bonds is 5. The molecule has 21 heavy (non-hydrogen) atoms. The average molecular weight is 277 g/mol. The summed E-state index contributed by atoms with van der Waals surface area (Å²) in [6.45, 7) is 2.35. The predicted molar refractivity (Wildman–Crippen MR) is 85.3 cm³/mol. The first-order valence-electron chi connectivity index (χ1n) is 7.24. The smallest absolute Gasteiger partial charge is 0.190 e. The van der Waals surface area contributed by atoms with Crippen LogP contribution in [0.4, 0.5) is 0 Å². The number of benzene rings is 2. The van der Waals surface area contributed by atoms with Crippen molar-refractivity contribution in [3.05, 3.63) is 95.9 Å². The summed E-state index contributed by atoms with van der Waals surface area (Å²) in [6, 6.07) is 20.7.